The second-order valence-electron chi connectivity index (χ2n) is 3.48. The Morgan fingerprint density at radius 1 is 1.62 bits per heavy atom. The third kappa shape index (κ3) is 4.27. The first-order chi connectivity index (χ1) is 7.44. The van der Waals surface area contributed by atoms with Gasteiger partial charge in [0.05, 0.1) is 11.4 Å². The Kier molecular flexibility index (Phi) is 5.01. The third-order valence-corrected chi connectivity index (χ3v) is 4.49. The molecule has 0 saturated heterocycles. The van der Waals surface area contributed by atoms with E-state index < -0.39 is 10.0 Å². The molecule has 0 fully saturated rings. The Bertz CT molecular complexity index is 453. The van der Waals surface area contributed by atoms with Crippen molar-refractivity contribution in [3.05, 3.63) is 22.9 Å². The maximum absolute atomic E-state index is 11.7. The van der Waals surface area contributed by atoms with Crippen molar-refractivity contribution in [2.45, 2.75) is 6.92 Å². The smallest absolute Gasteiger partial charge is 0.233 e. The van der Waals surface area contributed by atoms with Crippen LogP contribution in [-0.4, -0.2) is 25.0 Å². The van der Waals surface area contributed by atoms with Crippen molar-refractivity contribution in [1.82, 2.24) is 4.98 Å². The summed E-state index contributed by atoms with van der Waals surface area (Å²) in [6, 6.07) is 3.30. The summed E-state index contributed by atoms with van der Waals surface area (Å²) in [4.78, 5) is 3.93. The highest BCUT2D eigenvalue weighted by atomic mass is 79.9. The van der Waals surface area contributed by atoms with Gasteiger partial charge in [-0.1, -0.05) is 6.92 Å². The number of anilines is 1. The molecule has 1 heterocycles. The summed E-state index contributed by atoms with van der Waals surface area (Å²) in [6.07, 6.45) is 1.57. The predicted octanol–water partition coefficient (Wildman–Crippen LogP) is 2.46. The second kappa shape index (κ2) is 5.84. The van der Waals surface area contributed by atoms with E-state index in [0.717, 1.165) is 0 Å². The van der Waals surface area contributed by atoms with Crippen LogP contribution in [0.5, 0.6) is 0 Å². The fraction of sp³-hybridized carbons (Fsp3) is 0.444. The fourth-order valence-electron chi connectivity index (χ4n) is 1.09. The van der Waals surface area contributed by atoms with Crippen molar-refractivity contribution >= 4 is 43.2 Å². The summed E-state index contributed by atoms with van der Waals surface area (Å²) in [6.45, 7) is 1.78. The molecule has 0 saturated carbocycles. The van der Waals surface area contributed by atoms with Crippen LogP contribution >= 0.6 is 27.5 Å². The molecule has 0 spiro atoms. The van der Waals surface area contributed by atoms with Gasteiger partial charge in [-0.3, -0.25) is 4.72 Å². The molecular formula is C9H12BrClN2O2S. The number of hydrogen-bond donors (Lipinski definition) is 1. The molecule has 7 heteroatoms. The van der Waals surface area contributed by atoms with Gasteiger partial charge in [0.1, 0.15) is 4.60 Å². The SMILES string of the molecule is CC(CCl)CS(=O)(=O)Nc1cccnc1Br. The van der Waals surface area contributed by atoms with Crippen molar-refractivity contribution in [1.29, 1.82) is 0 Å². The normalized spacial score (nSPS) is 13.4. The van der Waals surface area contributed by atoms with Crippen molar-refractivity contribution in [3.8, 4) is 0 Å². The Labute approximate surface area is 109 Å². The summed E-state index contributed by atoms with van der Waals surface area (Å²) < 4.78 is 26.3. The van der Waals surface area contributed by atoms with Crippen LogP contribution in [0.1, 0.15) is 6.92 Å². The molecule has 1 rings (SSSR count). The van der Waals surface area contributed by atoms with Crippen LogP contribution in [0.15, 0.2) is 22.9 Å². The van der Waals surface area contributed by atoms with Gasteiger partial charge in [0.2, 0.25) is 10.0 Å². The number of pyridine rings is 1. The van der Waals surface area contributed by atoms with Crippen LogP contribution in [0, 0.1) is 5.92 Å². The minimum absolute atomic E-state index is 0.00215. The lowest BCUT2D eigenvalue weighted by atomic mass is 10.3. The van der Waals surface area contributed by atoms with Crippen LogP contribution in [0.2, 0.25) is 0 Å². The number of nitrogens with zero attached hydrogens (tertiary/aromatic N) is 1. The standard InChI is InChI=1S/C9H12BrClN2O2S/c1-7(5-11)6-16(14,15)13-8-3-2-4-12-9(8)10/h2-4,7,13H,5-6H2,1H3. The lowest BCUT2D eigenvalue weighted by Gasteiger charge is -2.11. The Morgan fingerprint density at radius 2 is 2.31 bits per heavy atom. The molecule has 0 radical (unpaired) electrons. The van der Waals surface area contributed by atoms with Crippen LogP contribution in [0.3, 0.4) is 0 Å². The van der Waals surface area contributed by atoms with Gasteiger partial charge in [0.25, 0.3) is 0 Å². The minimum atomic E-state index is -3.37. The van der Waals surface area contributed by atoms with Crippen LogP contribution in [-0.2, 0) is 10.0 Å². The Morgan fingerprint density at radius 3 is 2.88 bits per heavy atom. The Balaban J connectivity index is 2.77. The largest absolute Gasteiger partial charge is 0.281 e. The van der Waals surface area contributed by atoms with Gasteiger partial charge in [-0.25, -0.2) is 13.4 Å². The highest BCUT2D eigenvalue weighted by Crippen LogP contribution is 2.20. The van der Waals surface area contributed by atoms with Crippen LogP contribution < -0.4 is 4.72 Å². The first-order valence-corrected chi connectivity index (χ1v) is 7.59. The number of halogens is 2. The predicted molar refractivity (Wildman–Crippen MR) is 69.2 cm³/mol. The van der Waals surface area contributed by atoms with Crippen LogP contribution in [0.4, 0.5) is 5.69 Å². The molecule has 0 aliphatic heterocycles. The van der Waals surface area contributed by atoms with E-state index >= 15 is 0 Å². The molecule has 1 N–H and O–H groups in total. The van der Waals surface area contributed by atoms with Gasteiger partial charge in [-0.15, -0.1) is 11.6 Å². The highest BCUT2D eigenvalue weighted by Gasteiger charge is 2.16. The van der Waals surface area contributed by atoms with E-state index in [2.05, 4.69) is 25.6 Å². The van der Waals surface area contributed by atoms with Crippen molar-refractivity contribution < 1.29 is 8.42 Å². The summed E-state index contributed by atoms with van der Waals surface area (Å²) in [5.41, 5.74) is 0.435. The van der Waals surface area contributed by atoms with Gasteiger partial charge in [-0.05, 0) is 34.0 Å². The number of hydrogen-bond acceptors (Lipinski definition) is 3. The van der Waals surface area contributed by atoms with E-state index in [0.29, 0.717) is 16.2 Å². The molecule has 1 aromatic rings. The third-order valence-electron chi connectivity index (χ3n) is 1.79. The lowest BCUT2D eigenvalue weighted by molar-refractivity contribution is 0.588. The monoisotopic (exact) mass is 326 g/mol. The van der Waals surface area contributed by atoms with Gasteiger partial charge >= 0.3 is 0 Å². The topological polar surface area (TPSA) is 59.1 Å². The molecule has 0 aliphatic carbocycles. The zero-order chi connectivity index (χ0) is 12.2. The Hall–Kier alpha value is -0.330. The molecule has 4 nitrogen and oxygen atoms in total. The molecule has 0 aromatic carbocycles. The number of sulfonamides is 1. The van der Waals surface area contributed by atoms with Crippen LogP contribution in [0.25, 0.3) is 0 Å². The molecule has 1 aromatic heterocycles. The van der Waals surface area contributed by atoms with Gasteiger partial charge in [0.15, 0.2) is 0 Å². The van der Waals surface area contributed by atoms with E-state index in [4.69, 9.17) is 11.6 Å². The maximum Gasteiger partial charge on any atom is 0.233 e. The molecule has 0 bridgehead atoms. The molecule has 1 unspecified atom stereocenters. The van der Waals surface area contributed by atoms with Crippen molar-refractivity contribution in [2.24, 2.45) is 5.92 Å². The highest BCUT2D eigenvalue weighted by molar-refractivity contribution is 9.10. The molecule has 90 valence electrons. The summed E-state index contributed by atoms with van der Waals surface area (Å²) in [5, 5.41) is 0. The molecule has 1 atom stereocenters. The number of rotatable bonds is 5. The van der Waals surface area contributed by atoms with E-state index in [-0.39, 0.29) is 11.7 Å². The number of alkyl halides is 1. The van der Waals surface area contributed by atoms with E-state index in [9.17, 15) is 8.42 Å². The summed E-state index contributed by atoms with van der Waals surface area (Å²) in [7, 11) is -3.37. The number of nitrogens with one attached hydrogen (secondary N) is 1. The first kappa shape index (κ1) is 13.7. The molecule has 0 aliphatic rings. The van der Waals surface area contributed by atoms with Crippen molar-refractivity contribution in [3.63, 3.8) is 0 Å². The van der Waals surface area contributed by atoms with E-state index in [1.54, 1.807) is 25.3 Å². The number of aromatic nitrogens is 1. The van der Waals surface area contributed by atoms with Crippen molar-refractivity contribution in [2.75, 3.05) is 16.4 Å². The second-order valence-corrected chi connectivity index (χ2v) is 6.31. The average molecular weight is 328 g/mol. The van der Waals surface area contributed by atoms with Gasteiger partial charge in [0, 0.05) is 12.1 Å². The zero-order valence-corrected chi connectivity index (χ0v) is 11.8. The lowest BCUT2D eigenvalue weighted by Crippen LogP contribution is -2.22. The van der Waals surface area contributed by atoms with Gasteiger partial charge < -0.3 is 0 Å². The molecule has 0 amide bonds. The van der Waals surface area contributed by atoms with E-state index in [1.165, 1.54) is 0 Å². The summed E-state index contributed by atoms with van der Waals surface area (Å²) >= 11 is 8.75. The summed E-state index contributed by atoms with van der Waals surface area (Å²) in [5.74, 6) is 0.224. The molecular weight excluding hydrogens is 316 g/mol. The maximum atomic E-state index is 11.7. The zero-order valence-electron chi connectivity index (χ0n) is 8.65. The quantitative estimate of drug-likeness (QED) is 0.667. The first-order valence-electron chi connectivity index (χ1n) is 4.61. The van der Waals surface area contributed by atoms with E-state index in [1.807, 2.05) is 0 Å². The average Bonchev–Trinajstić information content (AvgIpc) is 2.20. The fourth-order valence-corrected chi connectivity index (χ4v) is 3.26. The molecule has 16 heavy (non-hydrogen) atoms. The minimum Gasteiger partial charge on any atom is -0.281 e. The van der Waals surface area contributed by atoms with Gasteiger partial charge in [-0.2, -0.15) is 0 Å².